The van der Waals surface area contributed by atoms with E-state index in [0.717, 1.165) is 12.1 Å². The largest absolute Gasteiger partial charge is 0.417 e. The van der Waals surface area contributed by atoms with E-state index in [2.05, 4.69) is 15.9 Å². The number of alkyl halides is 3. The Morgan fingerprint density at radius 2 is 1.86 bits per heavy atom. The van der Waals surface area contributed by atoms with Gasteiger partial charge in [0.15, 0.2) is 0 Å². The van der Waals surface area contributed by atoms with E-state index < -0.39 is 29.7 Å². The van der Waals surface area contributed by atoms with Crippen LogP contribution < -0.4 is 5.73 Å². The first-order valence-electron chi connectivity index (χ1n) is 3.62. The monoisotopic (exact) mass is 271 g/mol. The van der Waals surface area contributed by atoms with E-state index in [1.54, 1.807) is 0 Å². The standard InChI is InChI=1S/C8H6BrF4N/c9-5-1-2-6(10)4(3-14)7(5)8(11,12)13/h1-2H,3,14H2. The van der Waals surface area contributed by atoms with Gasteiger partial charge >= 0.3 is 6.18 Å². The summed E-state index contributed by atoms with van der Waals surface area (Å²) < 4.78 is 50.0. The Morgan fingerprint density at radius 3 is 2.21 bits per heavy atom. The molecule has 0 bridgehead atoms. The molecule has 14 heavy (non-hydrogen) atoms. The average molecular weight is 272 g/mol. The summed E-state index contributed by atoms with van der Waals surface area (Å²) in [4.78, 5) is 0. The van der Waals surface area contributed by atoms with Crippen LogP contribution in [0.25, 0.3) is 0 Å². The zero-order valence-electron chi connectivity index (χ0n) is 6.83. The lowest BCUT2D eigenvalue weighted by Gasteiger charge is -2.14. The second kappa shape index (κ2) is 3.86. The molecule has 0 amide bonds. The first-order chi connectivity index (χ1) is 6.38. The summed E-state index contributed by atoms with van der Waals surface area (Å²) in [5, 5.41) is 0. The van der Waals surface area contributed by atoms with Gasteiger partial charge < -0.3 is 5.73 Å². The summed E-state index contributed by atoms with van der Waals surface area (Å²) in [5.41, 5.74) is 3.49. The number of benzene rings is 1. The maximum Gasteiger partial charge on any atom is 0.417 e. The van der Waals surface area contributed by atoms with Gasteiger partial charge in [-0.2, -0.15) is 13.2 Å². The van der Waals surface area contributed by atoms with Crippen molar-refractivity contribution in [2.75, 3.05) is 0 Å². The summed E-state index contributed by atoms with van der Waals surface area (Å²) in [6.45, 7) is -0.486. The van der Waals surface area contributed by atoms with Gasteiger partial charge in [0.05, 0.1) is 5.56 Å². The normalized spacial score (nSPS) is 11.9. The molecule has 1 rings (SSSR count). The molecule has 0 fully saturated rings. The van der Waals surface area contributed by atoms with Crippen molar-refractivity contribution in [2.45, 2.75) is 12.7 Å². The molecule has 1 aromatic rings. The van der Waals surface area contributed by atoms with E-state index in [0.29, 0.717) is 0 Å². The van der Waals surface area contributed by atoms with Crippen molar-refractivity contribution < 1.29 is 17.6 Å². The lowest BCUT2D eigenvalue weighted by molar-refractivity contribution is -0.139. The van der Waals surface area contributed by atoms with Crippen molar-refractivity contribution in [1.29, 1.82) is 0 Å². The molecule has 0 radical (unpaired) electrons. The third-order valence-corrected chi connectivity index (χ3v) is 2.35. The van der Waals surface area contributed by atoms with Crippen LogP contribution in [0.4, 0.5) is 17.6 Å². The highest BCUT2D eigenvalue weighted by Gasteiger charge is 2.36. The van der Waals surface area contributed by atoms with E-state index in [-0.39, 0.29) is 4.47 Å². The molecule has 0 saturated carbocycles. The molecule has 0 aliphatic rings. The molecule has 0 heterocycles. The van der Waals surface area contributed by atoms with Crippen LogP contribution >= 0.6 is 15.9 Å². The fourth-order valence-electron chi connectivity index (χ4n) is 1.10. The fourth-order valence-corrected chi connectivity index (χ4v) is 1.70. The van der Waals surface area contributed by atoms with Crippen molar-refractivity contribution in [3.63, 3.8) is 0 Å². The smallest absolute Gasteiger partial charge is 0.326 e. The van der Waals surface area contributed by atoms with Gasteiger partial charge in [-0.05, 0) is 12.1 Å². The molecule has 78 valence electrons. The molecule has 0 aromatic heterocycles. The molecule has 1 aromatic carbocycles. The van der Waals surface area contributed by atoms with Crippen molar-refractivity contribution in [1.82, 2.24) is 0 Å². The molecular weight excluding hydrogens is 266 g/mol. The Labute approximate surface area is 86.0 Å². The van der Waals surface area contributed by atoms with E-state index in [4.69, 9.17) is 5.73 Å². The topological polar surface area (TPSA) is 26.0 Å². The molecule has 0 aliphatic carbocycles. The number of nitrogens with two attached hydrogens (primary N) is 1. The molecule has 2 N–H and O–H groups in total. The Hall–Kier alpha value is -0.620. The average Bonchev–Trinajstić information content (AvgIpc) is 2.06. The summed E-state index contributed by atoms with van der Waals surface area (Å²) in [6, 6.07) is 1.96. The zero-order chi connectivity index (χ0) is 10.9. The van der Waals surface area contributed by atoms with Gasteiger partial charge in [0.25, 0.3) is 0 Å². The minimum Gasteiger partial charge on any atom is -0.326 e. The van der Waals surface area contributed by atoms with Crippen molar-refractivity contribution in [3.05, 3.63) is 33.5 Å². The first-order valence-corrected chi connectivity index (χ1v) is 4.41. The number of rotatable bonds is 1. The zero-order valence-corrected chi connectivity index (χ0v) is 8.41. The summed E-state index contributed by atoms with van der Waals surface area (Å²) in [7, 11) is 0. The van der Waals surface area contributed by atoms with Crippen molar-refractivity contribution in [3.8, 4) is 0 Å². The van der Waals surface area contributed by atoms with Crippen LogP contribution in [0.3, 0.4) is 0 Å². The van der Waals surface area contributed by atoms with Gasteiger partial charge in [0, 0.05) is 16.6 Å². The van der Waals surface area contributed by atoms with Crippen LogP contribution in [0.2, 0.25) is 0 Å². The van der Waals surface area contributed by atoms with E-state index in [9.17, 15) is 17.6 Å². The quantitative estimate of drug-likeness (QED) is 0.781. The number of hydrogen-bond acceptors (Lipinski definition) is 1. The van der Waals surface area contributed by atoms with Gasteiger partial charge in [-0.25, -0.2) is 4.39 Å². The number of hydrogen-bond donors (Lipinski definition) is 1. The lowest BCUT2D eigenvalue weighted by Crippen LogP contribution is -2.14. The van der Waals surface area contributed by atoms with Gasteiger partial charge in [-0.3, -0.25) is 0 Å². The maximum absolute atomic E-state index is 13.0. The predicted molar refractivity (Wildman–Crippen MR) is 47.0 cm³/mol. The van der Waals surface area contributed by atoms with Crippen LogP contribution in [0.5, 0.6) is 0 Å². The lowest BCUT2D eigenvalue weighted by atomic mass is 10.1. The van der Waals surface area contributed by atoms with E-state index in [1.807, 2.05) is 0 Å². The third kappa shape index (κ3) is 2.06. The highest BCUT2D eigenvalue weighted by molar-refractivity contribution is 9.10. The van der Waals surface area contributed by atoms with E-state index in [1.165, 1.54) is 0 Å². The SMILES string of the molecule is NCc1c(F)ccc(Br)c1C(F)(F)F. The molecule has 0 unspecified atom stereocenters. The molecule has 0 saturated heterocycles. The second-order valence-corrected chi connectivity index (χ2v) is 3.44. The Balaban J connectivity index is 3.46. The van der Waals surface area contributed by atoms with Gasteiger partial charge in [0.1, 0.15) is 5.82 Å². The third-order valence-electron chi connectivity index (χ3n) is 1.69. The van der Waals surface area contributed by atoms with Crippen molar-refractivity contribution >= 4 is 15.9 Å². The van der Waals surface area contributed by atoms with Crippen LogP contribution in [0.15, 0.2) is 16.6 Å². The molecule has 6 heteroatoms. The van der Waals surface area contributed by atoms with Crippen LogP contribution in [-0.2, 0) is 12.7 Å². The van der Waals surface area contributed by atoms with Crippen LogP contribution in [-0.4, -0.2) is 0 Å². The first kappa shape index (κ1) is 11.5. The Bertz CT molecular complexity index is 348. The maximum atomic E-state index is 13.0. The highest BCUT2D eigenvalue weighted by Crippen LogP contribution is 2.38. The minimum atomic E-state index is -4.60. The van der Waals surface area contributed by atoms with Gasteiger partial charge in [0.2, 0.25) is 0 Å². The van der Waals surface area contributed by atoms with Crippen molar-refractivity contribution in [2.24, 2.45) is 5.73 Å². The molecule has 0 aliphatic heterocycles. The molecule has 1 nitrogen and oxygen atoms in total. The van der Waals surface area contributed by atoms with Gasteiger partial charge in [-0.15, -0.1) is 0 Å². The van der Waals surface area contributed by atoms with E-state index >= 15 is 0 Å². The van der Waals surface area contributed by atoms with Crippen LogP contribution in [0, 0.1) is 5.82 Å². The van der Waals surface area contributed by atoms with Crippen LogP contribution in [0.1, 0.15) is 11.1 Å². The highest BCUT2D eigenvalue weighted by atomic mass is 79.9. The Morgan fingerprint density at radius 1 is 1.29 bits per heavy atom. The number of halogens is 5. The summed E-state index contributed by atoms with van der Waals surface area (Å²) in [5.74, 6) is -0.942. The molecular formula is C8H6BrF4N. The second-order valence-electron chi connectivity index (χ2n) is 2.58. The van der Waals surface area contributed by atoms with Gasteiger partial charge in [-0.1, -0.05) is 15.9 Å². The summed E-state index contributed by atoms with van der Waals surface area (Å²) >= 11 is 2.72. The molecule has 0 spiro atoms. The summed E-state index contributed by atoms with van der Waals surface area (Å²) in [6.07, 6.45) is -4.60. The fraction of sp³-hybridized carbons (Fsp3) is 0.250. The predicted octanol–water partition coefficient (Wildman–Crippen LogP) is 3.07. The molecule has 0 atom stereocenters. The minimum absolute atomic E-state index is 0.202. The Kier molecular flexibility index (Phi) is 3.16.